The number of rotatable bonds is 4. The molecule has 7 heteroatoms. The van der Waals surface area contributed by atoms with Gasteiger partial charge < -0.3 is 19.5 Å². The second-order valence-corrected chi connectivity index (χ2v) is 6.33. The van der Waals surface area contributed by atoms with E-state index in [9.17, 15) is 4.79 Å². The number of halogens is 1. The van der Waals surface area contributed by atoms with E-state index in [0.29, 0.717) is 33.5 Å². The minimum atomic E-state index is -0.344. The highest BCUT2D eigenvalue weighted by Gasteiger charge is 2.18. The first-order valence-corrected chi connectivity index (χ1v) is 8.58. The van der Waals surface area contributed by atoms with Crippen molar-refractivity contribution in [1.82, 2.24) is 4.98 Å². The molecule has 1 aliphatic rings. The van der Waals surface area contributed by atoms with Gasteiger partial charge in [0.25, 0.3) is 5.91 Å². The van der Waals surface area contributed by atoms with Crippen LogP contribution in [0.3, 0.4) is 0 Å². The number of hydrogen-bond donors (Lipinski definition) is 1. The lowest BCUT2D eigenvalue weighted by Crippen LogP contribution is -2.13. The molecule has 0 bridgehead atoms. The summed E-state index contributed by atoms with van der Waals surface area (Å²) in [6.45, 7) is 2.05. The lowest BCUT2D eigenvalue weighted by molar-refractivity contribution is 0.102. The topological polar surface area (TPSA) is 69.7 Å². The lowest BCUT2D eigenvalue weighted by atomic mass is 10.2. The van der Waals surface area contributed by atoms with Gasteiger partial charge in [0.15, 0.2) is 11.5 Å². The molecule has 0 unspecified atom stereocenters. The standard InChI is InChI=1S/C20H15ClN2O4/c1-12-9-13(21)4-6-16(12)27-20-15(3-2-8-22-20)19(24)23-14-5-7-17-18(10-14)26-11-25-17/h2-10H,11H2,1H3,(H,23,24). The number of carbonyl (C=O) groups excluding carboxylic acids is 1. The predicted octanol–water partition coefficient (Wildman–Crippen LogP) is 4.82. The minimum absolute atomic E-state index is 0.174. The van der Waals surface area contributed by atoms with Gasteiger partial charge in [-0.1, -0.05) is 11.6 Å². The molecule has 4 rings (SSSR count). The van der Waals surface area contributed by atoms with Gasteiger partial charge in [0, 0.05) is 23.0 Å². The van der Waals surface area contributed by atoms with Crippen LogP contribution in [0.4, 0.5) is 5.69 Å². The maximum Gasteiger partial charge on any atom is 0.261 e. The van der Waals surface area contributed by atoms with Crippen molar-refractivity contribution in [2.45, 2.75) is 6.92 Å². The monoisotopic (exact) mass is 382 g/mol. The molecule has 6 nitrogen and oxygen atoms in total. The highest BCUT2D eigenvalue weighted by atomic mass is 35.5. The van der Waals surface area contributed by atoms with E-state index in [-0.39, 0.29) is 18.6 Å². The maximum atomic E-state index is 12.7. The number of aromatic nitrogens is 1. The van der Waals surface area contributed by atoms with Crippen LogP contribution >= 0.6 is 11.6 Å². The number of nitrogens with one attached hydrogen (secondary N) is 1. The first kappa shape index (κ1) is 17.2. The zero-order chi connectivity index (χ0) is 18.8. The summed E-state index contributed by atoms with van der Waals surface area (Å²) in [7, 11) is 0. The second kappa shape index (κ2) is 7.17. The van der Waals surface area contributed by atoms with Crippen molar-refractivity contribution in [1.29, 1.82) is 0 Å². The summed E-state index contributed by atoms with van der Waals surface area (Å²) in [6, 6.07) is 13.8. The van der Waals surface area contributed by atoms with Gasteiger partial charge in [0.05, 0.1) is 0 Å². The molecule has 0 spiro atoms. The molecule has 1 aliphatic heterocycles. The third-order valence-corrected chi connectivity index (χ3v) is 4.22. The van der Waals surface area contributed by atoms with Crippen molar-refractivity contribution in [2.75, 3.05) is 12.1 Å². The Bertz CT molecular complexity index is 1020. The van der Waals surface area contributed by atoms with Gasteiger partial charge in [-0.15, -0.1) is 0 Å². The van der Waals surface area contributed by atoms with Crippen molar-refractivity contribution in [2.24, 2.45) is 0 Å². The minimum Gasteiger partial charge on any atom is -0.454 e. The number of fused-ring (bicyclic) bond motifs is 1. The van der Waals surface area contributed by atoms with Crippen LogP contribution in [-0.4, -0.2) is 17.7 Å². The zero-order valence-electron chi connectivity index (χ0n) is 14.4. The van der Waals surface area contributed by atoms with E-state index >= 15 is 0 Å². The van der Waals surface area contributed by atoms with E-state index < -0.39 is 0 Å². The van der Waals surface area contributed by atoms with Gasteiger partial charge in [-0.25, -0.2) is 4.98 Å². The molecule has 1 amide bonds. The molecule has 3 aromatic rings. The molecule has 0 aliphatic carbocycles. The molecule has 136 valence electrons. The second-order valence-electron chi connectivity index (χ2n) is 5.89. The number of hydrogen-bond acceptors (Lipinski definition) is 5. The molecule has 1 N–H and O–H groups in total. The van der Waals surface area contributed by atoms with Gasteiger partial charge in [-0.2, -0.15) is 0 Å². The number of nitrogens with zero attached hydrogens (tertiary/aromatic N) is 1. The van der Waals surface area contributed by atoms with Crippen molar-refractivity contribution in [3.8, 4) is 23.1 Å². The number of pyridine rings is 1. The molecule has 2 heterocycles. The Morgan fingerprint density at radius 3 is 2.85 bits per heavy atom. The van der Waals surface area contributed by atoms with Crippen LogP contribution in [0.15, 0.2) is 54.7 Å². The Kier molecular flexibility index (Phi) is 4.56. The quantitative estimate of drug-likeness (QED) is 0.700. The van der Waals surface area contributed by atoms with E-state index in [4.69, 9.17) is 25.8 Å². The molecule has 1 aromatic heterocycles. The van der Waals surface area contributed by atoms with E-state index in [1.54, 1.807) is 54.7 Å². The Balaban J connectivity index is 1.57. The number of amides is 1. The number of carbonyl (C=O) groups is 1. The van der Waals surface area contributed by atoms with Crippen LogP contribution in [0.25, 0.3) is 0 Å². The maximum absolute atomic E-state index is 12.7. The first-order valence-electron chi connectivity index (χ1n) is 8.20. The molecule has 27 heavy (non-hydrogen) atoms. The normalized spacial score (nSPS) is 11.9. The van der Waals surface area contributed by atoms with Crippen molar-refractivity contribution in [3.05, 3.63) is 70.9 Å². The SMILES string of the molecule is Cc1cc(Cl)ccc1Oc1ncccc1C(=O)Nc1ccc2c(c1)OCO2. The number of ether oxygens (including phenoxy) is 3. The van der Waals surface area contributed by atoms with Gasteiger partial charge in [-0.05, 0) is 55.0 Å². The van der Waals surface area contributed by atoms with Crippen LogP contribution in [0, 0.1) is 6.92 Å². The summed E-state index contributed by atoms with van der Waals surface area (Å²) in [4.78, 5) is 16.9. The molecule has 0 atom stereocenters. The van der Waals surface area contributed by atoms with Crippen LogP contribution in [0.5, 0.6) is 23.1 Å². The Labute approximate surface area is 160 Å². The third kappa shape index (κ3) is 3.66. The van der Waals surface area contributed by atoms with Gasteiger partial charge in [0.1, 0.15) is 11.3 Å². The summed E-state index contributed by atoms with van der Waals surface area (Å²) in [5, 5.41) is 3.43. The predicted molar refractivity (Wildman–Crippen MR) is 101 cm³/mol. The van der Waals surface area contributed by atoms with Gasteiger partial charge in [-0.3, -0.25) is 4.79 Å². The molecule has 2 aromatic carbocycles. The Morgan fingerprint density at radius 1 is 1.15 bits per heavy atom. The van der Waals surface area contributed by atoms with Gasteiger partial charge >= 0.3 is 0 Å². The number of aryl methyl sites for hydroxylation is 1. The molecule has 0 fully saturated rings. The highest BCUT2D eigenvalue weighted by molar-refractivity contribution is 6.30. The highest BCUT2D eigenvalue weighted by Crippen LogP contribution is 2.34. The third-order valence-electron chi connectivity index (χ3n) is 3.99. The van der Waals surface area contributed by atoms with Crippen molar-refractivity contribution in [3.63, 3.8) is 0 Å². The summed E-state index contributed by atoms with van der Waals surface area (Å²) in [5.74, 6) is 1.68. The first-order chi connectivity index (χ1) is 13.1. The van der Waals surface area contributed by atoms with Crippen molar-refractivity contribution < 1.29 is 19.0 Å². The van der Waals surface area contributed by atoms with E-state index in [0.717, 1.165) is 5.56 Å². The van der Waals surface area contributed by atoms with E-state index in [1.807, 2.05) is 6.92 Å². The smallest absolute Gasteiger partial charge is 0.261 e. The average Bonchev–Trinajstić information content (AvgIpc) is 3.12. The summed E-state index contributed by atoms with van der Waals surface area (Å²) < 4.78 is 16.5. The summed E-state index contributed by atoms with van der Waals surface area (Å²) >= 11 is 5.98. The molecule has 0 saturated heterocycles. The lowest BCUT2D eigenvalue weighted by Gasteiger charge is -2.12. The largest absolute Gasteiger partial charge is 0.454 e. The number of benzene rings is 2. The summed E-state index contributed by atoms with van der Waals surface area (Å²) in [6.07, 6.45) is 1.57. The van der Waals surface area contributed by atoms with Crippen LogP contribution in [0.2, 0.25) is 5.02 Å². The van der Waals surface area contributed by atoms with E-state index in [1.165, 1.54) is 0 Å². The average molecular weight is 383 g/mol. The Morgan fingerprint density at radius 2 is 2.00 bits per heavy atom. The van der Waals surface area contributed by atoms with Crippen LogP contribution < -0.4 is 19.5 Å². The van der Waals surface area contributed by atoms with Crippen LogP contribution in [0.1, 0.15) is 15.9 Å². The fourth-order valence-electron chi connectivity index (χ4n) is 2.65. The van der Waals surface area contributed by atoms with Crippen molar-refractivity contribution >= 4 is 23.2 Å². The molecular weight excluding hydrogens is 368 g/mol. The number of anilines is 1. The fourth-order valence-corrected chi connectivity index (χ4v) is 2.88. The zero-order valence-corrected chi connectivity index (χ0v) is 15.1. The fraction of sp³-hybridized carbons (Fsp3) is 0.100. The molecule has 0 radical (unpaired) electrons. The van der Waals surface area contributed by atoms with Gasteiger partial charge in [0.2, 0.25) is 12.7 Å². The molecule has 0 saturated carbocycles. The van der Waals surface area contributed by atoms with Crippen LogP contribution in [-0.2, 0) is 0 Å². The Hall–Kier alpha value is -3.25. The molecular formula is C20H15ClN2O4. The summed E-state index contributed by atoms with van der Waals surface area (Å²) in [5.41, 5.74) is 1.74. The van der Waals surface area contributed by atoms with E-state index in [2.05, 4.69) is 10.3 Å².